The number of hydrogen-bond acceptors (Lipinski definition) is 3. The fourth-order valence-corrected chi connectivity index (χ4v) is 7.26. The van der Waals surface area contributed by atoms with Gasteiger partial charge in [0, 0.05) is 13.1 Å². The number of benzene rings is 2. The Kier molecular flexibility index (Phi) is 7.23. The minimum atomic E-state index is 0.234. The summed E-state index contributed by atoms with van der Waals surface area (Å²) in [7, 11) is 2.42. The molecule has 2 aromatic carbocycles. The smallest absolute Gasteiger partial charge is 0.187 e. The van der Waals surface area contributed by atoms with Gasteiger partial charge in [0.25, 0.3) is 0 Å². The molecule has 2 heterocycles. The van der Waals surface area contributed by atoms with Crippen LogP contribution < -0.4 is 4.74 Å². The fraction of sp³-hybridized carbons (Fsp3) is 0.567. The molecule has 180 valence electrons. The molecular weight excluding hydrogens is 418 g/mol. The van der Waals surface area contributed by atoms with E-state index in [1.807, 2.05) is 24.3 Å². The zero-order valence-electron chi connectivity index (χ0n) is 20.7. The van der Waals surface area contributed by atoms with Crippen molar-refractivity contribution in [3.8, 4) is 5.75 Å². The zero-order chi connectivity index (χ0) is 23.4. The molecule has 2 aliphatic heterocycles. The topological polar surface area (TPSA) is 20.1 Å². The summed E-state index contributed by atoms with van der Waals surface area (Å²) in [6.45, 7) is 12.5. The van der Waals surface area contributed by atoms with E-state index in [1.165, 1.54) is 64.6 Å². The van der Waals surface area contributed by atoms with Crippen molar-refractivity contribution in [3.63, 3.8) is 0 Å². The summed E-state index contributed by atoms with van der Waals surface area (Å²) in [5.74, 6) is 2.41. The maximum atomic E-state index is 7.06. The highest BCUT2D eigenvalue weighted by molar-refractivity contribution is 5.47. The fourth-order valence-electron chi connectivity index (χ4n) is 7.26. The van der Waals surface area contributed by atoms with Crippen LogP contribution in [-0.2, 0) is 12.0 Å². The lowest BCUT2D eigenvalue weighted by Gasteiger charge is -2.56. The van der Waals surface area contributed by atoms with E-state index >= 15 is 0 Å². The normalized spacial score (nSPS) is 24.6. The number of likely N-dealkylation sites (N-methyl/N-ethyl adjacent to an activating group) is 1. The summed E-state index contributed by atoms with van der Waals surface area (Å²) >= 11 is 0. The Morgan fingerprint density at radius 1 is 0.941 bits per heavy atom. The first-order valence-electron chi connectivity index (χ1n) is 13.3. The van der Waals surface area contributed by atoms with Gasteiger partial charge >= 0.3 is 0 Å². The highest BCUT2D eigenvalue weighted by Gasteiger charge is 2.52. The minimum absolute atomic E-state index is 0.234. The van der Waals surface area contributed by atoms with E-state index in [1.54, 1.807) is 11.1 Å². The standard InChI is InChI=1S/C30H39N3O/c1-31-27-12-14-28(15-13-27)34-23-7-19-33-21-17-26(18-22-33)30(25-9-4-5-10-25)29-11-6-3-8-24(29)16-20-32(30)2/h3,6,8,11-15,25-26H,4-5,7,9-10,16-23H2,2H3. The molecule has 0 bridgehead atoms. The maximum Gasteiger partial charge on any atom is 0.187 e. The van der Waals surface area contributed by atoms with E-state index in [0.717, 1.165) is 37.2 Å². The highest BCUT2D eigenvalue weighted by atomic mass is 16.5. The third kappa shape index (κ3) is 4.49. The molecule has 1 unspecified atom stereocenters. The molecule has 5 rings (SSSR count). The van der Waals surface area contributed by atoms with Crippen LogP contribution in [0, 0.1) is 18.4 Å². The third-order valence-electron chi connectivity index (χ3n) is 8.84. The van der Waals surface area contributed by atoms with Gasteiger partial charge in [0.15, 0.2) is 5.69 Å². The van der Waals surface area contributed by atoms with Crippen molar-refractivity contribution in [2.45, 2.75) is 56.9 Å². The molecule has 2 fully saturated rings. The van der Waals surface area contributed by atoms with Gasteiger partial charge in [-0.2, -0.15) is 0 Å². The number of ether oxygens (including phenoxy) is 1. The van der Waals surface area contributed by atoms with Crippen LogP contribution in [0.2, 0.25) is 0 Å². The van der Waals surface area contributed by atoms with Crippen molar-refractivity contribution in [2.75, 3.05) is 39.8 Å². The Bertz CT molecular complexity index is 983. The van der Waals surface area contributed by atoms with Crippen molar-refractivity contribution in [1.29, 1.82) is 0 Å². The van der Waals surface area contributed by atoms with E-state index in [4.69, 9.17) is 11.3 Å². The Hall–Kier alpha value is -2.35. The van der Waals surface area contributed by atoms with Gasteiger partial charge in [-0.1, -0.05) is 49.2 Å². The lowest BCUT2D eigenvalue weighted by Crippen LogP contribution is -2.59. The second-order valence-corrected chi connectivity index (χ2v) is 10.6. The molecule has 4 heteroatoms. The van der Waals surface area contributed by atoms with Gasteiger partial charge in [-0.3, -0.25) is 4.90 Å². The molecule has 2 aromatic rings. The molecule has 0 radical (unpaired) electrons. The predicted octanol–water partition coefficient (Wildman–Crippen LogP) is 6.29. The van der Waals surface area contributed by atoms with Gasteiger partial charge in [0.1, 0.15) is 5.75 Å². The van der Waals surface area contributed by atoms with Crippen LogP contribution in [0.15, 0.2) is 48.5 Å². The predicted molar refractivity (Wildman–Crippen MR) is 138 cm³/mol. The molecule has 0 aromatic heterocycles. The van der Waals surface area contributed by atoms with Crippen LogP contribution in [0.25, 0.3) is 4.85 Å². The Labute approximate surface area is 205 Å². The number of likely N-dealkylation sites (tertiary alicyclic amines) is 1. The maximum absolute atomic E-state index is 7.06. The molecule has 4 nitrogen and oxygen atoms in total. The average Bonchev–Trinajstić information content (AvgIpc) is 3.43. The van der Waals surface area contributed by atoms with Crippen LogP contribution in [-0.4, -0.2) is 49.6 Å². The van der Waals surface area contributed by atoms with Crippen LogP contribution in [0.1, 0.15) is 56.1 Å². The van der Waals surface area contributed by atoms with Gasteiger partial charge in [-0.05, 0) is 93.8 Å². The lowest BCUT2D eigenvalue weighted by molar-refractivity contribution is -0.0390. The van der Waals surface area contributed by atoms with Gasteiger partial charge in [0.2, 0.25) is 0 Å². The Balaban J connectivity index is 1.21. The molecule has 1 saturated carbocycles. The summed E-state index contributed by atoms with van der Waals surface area (Å²) in [4.78, 5) is 8.87. The second kappa shape index (κ2) is 10.5. The van der Waals surface area contributed by atoms with Gasteiger partial charge in [-0.15, -0.1) is 0 Å². The van der Waals surface area contributed by atoms with Gasteiger partial charge in [-0.25, -0.2) is 4.85 Å². The van der Waals surface area contributed by atoms with Crippen LogP contribution in [0.4, 0.5) is 5.69 Å². The Morgan fingerprint density at radius 3 is 2.38 bits per heavy atom. The molecule has 1 atom stereocenters. The summed E-state index contributed by atoms with van der Waals surface area (Å²) in [5.41, 5.74) is 4.16. The molecule has 34 heavy (non-hydrogen) atoms. The molecule has 3 aliphatic rings. The summed E-state index contributed by atoms with van der Waals surface area (Å²) in [5, 5.41) is 0. The van der Waals surface area contributed by atoms with Crippen LogP contribution in [0.5, 0.6) is 5.75 Å². The monoisotopic (exact) mass is 457 g/mol. The van der Waals surface area contributed by atoms with Crippen molar-refractivity contribution in [1.82, 2.24) is 9.80 Å². The molecular formula is C30H39N3O. The summed E-state index contributed by atoms with van der Waals surface area (Å²) < 4.78 is 5.91. The molecule has 1 saturated heterocycles. The molecule has 1 aliphatic carbocycles. The van der Waals surface area contributed by atoms with Crippen molar-refractivity contribution in [3.05, 3.63) is 71.1 Å². The molecule has 0 N–H and O–H groups in total. The summed E-state index contributed by atoms with van der Waals surface area (Å²) in [6, 6.07) is 16.9. The van der Waals surface area contributed by atoms with Crippen molar-refractivity contribution < 1.29 is 4.74 Å². The lowest BCUT2D eigenvalue weighted by atomic mass is 9.62. The Morgan fingerprint density at radius 2 is 1.65 bits per heavy atom. The van der Waals surface area contributed by atoms with Crippen molar-refractivity contribution >= 4 is 5.69 Å². The first kappa shape index (κ1) is 23.4. The van der Waals surface area contributed by atoms with Gasteiger partial charge < -0.3 is 9.64 Å². The average molecular weight is 458 g/mol. The summed E-state index contributed by atoms with van der Waals surface area (Å²) in [6.07, 6.45) is 10.4. The highest BCUT2D eigenvalue weighted by Crippen LogP contribution is 2.54. The second-order valence-electron chi connectivity index (χ2n) is 10.6. The van der Waals surface area contributed by atoms with E-state index in [9.17, 15) is 0 Å². The van der Waals surface area contributed by atoms with E-state index < -0.39 is 0 Å². The van der Waals surface area contributed by atoms with Crippen LogP contribution >= 0.6 is 0 Å². The first-order chi connectivity index (χ1) is 16.7. The van der Waals surface area contributed by atoms with Gasteiger partial charge in [0.05, 0.1) is 18.7 Å². The zero-order valence-corrected chi connectivity index (χ0v) is 20.7. The number of fused-ring (bicyclic) bond motifs is 1. The van der Waals surface area contributed by atoms with Crippen molar-refractivity contribution in [2.24, 2.45) is 11.8 Å². The molecule has 0 spiro atoms. The number of piperidine rings is 1. The minimum Gasteiger partial charge on any atom is -0.494 e. The third-order valence-corrected chi connectivity index (χ3v) is 8.84. The SMILES string of the molecule is [C-]#[N+]c1ccc(OCCCN2CCC(C3(C4CCCC4)c4ccccc4CCN3C)CC2)cc1. The quantitative estimate of drug-likeness (QED) is 0.360. The molecule has 0 amide bonds. The van der Waals surface area contributed by atoms with E-state index in [-0.39, 0.29) is 5.54 Å². The van der Waals surface area contributed by atoms with E-state index in [0.29, 0.717) is 5.69 Å². The first-order valence-corrected chi connectivity index (χ1v) is 13.3. The van der Waals surface area contributed by atoms with Crippen LogP contribution in [0.3, 0.4) is 0 Å². The number of hydrogen-bond donors (Lipinski definition) is 0. The number of nitrogens with zero attached hydrogens (tertiary/aromatic N) is 3. The number of rotatable bonds is 7. The largest absolute Gasteiger partial charge is 0.494 e. The van der Waals surface area contributed by atoms with E-state index in [2.05, 4.69) is 46.0 Å².